The molecule has 0 aliphatic carbocycles. The first-order chi connectivity index (χ1) is 13.8. The van der Waals surface area contributed by atoms with Gasteiger partial charge in [-0.1, -0.05) is 0 Å². The smallest absolute Gasteiger partial charge is 0.241 e. The number of amides is 1. The Balaban J connectivity index is 1.60. The van der Waals surface area contributed by atoms with Crippen molar-refractivity contribution >= 4 is 15.9 Å². The van der Waals surface area contributed by atoms with Gasteiger partial charge in [-0.25, -0.2) is 17.5 Å². The van der Waals surface area contributed by atoms with Crippen LogP contribution in [0.1, 0.15) is 25.0 Å². The molecule has 0 aromatic heterocycles. The van der Waals surface area contributed by atoms with E-state index in [0.29, 0.717) is 12.4 Å². The summed E-state index contributed by atoms with van der Waals surface area (Å²) >= 11 is 0. The molecule has 7 nitrogen and oxygen atoms in total. The van der Waals surface area contributed by atoms with Crippen molar-refractivity contribution in [3.8, 4) is 11.5 Å². The Hall–Kier alpha value is -2.65. The summed E-state index contributed by atoms with van der Waals surface area (Å²) in [4.78, 5) is 12.0. The van der Waals surface area contributed by atoms with E-state index < -0.39 is 28.3 Å². The Morgan fingerprint density at radius 2 is 2.00 bits per heavy atom. The molecule has 156 valence electrons. The fraction of sp³-hybridized carbons (Fsp3) is 0.350. The van der Waals surface area contributed by atoms with Gasteiger partial charge in [-0.15, -0.1) is 0 Å². The second-order valence-corrected chi connectivity index (χ2v) is 8.46. The Bertz CT molecular complexity index is 993. The minimum atomic E-state index is -3.91. The summed E-state index contributed by atoms with van der Waals surface area (Å²) in [6, 6.07) is 8.11. The van der Waals surface area contributed by atoms with E-state index in [4.69, 9.17) is 9.47 Å². The van der Waals surface area contributed by atoms with Crippen molar-refractivity contribution in [3.63, 3.8) is 0 Å². The normalized spacial score (nSPS) is 15.5. The second kappa shape index (κ2) is 8.79. The second-order valence-electron chi connectivity index (χ2n) is 6.69. The van der Waals surface area contributed by atoms with Crippen LogP contribution in [-0.2, 0) is 27.8 Å². The third-order valence-corrected chi connectivity index (χ3v) is 5.82. The third-order valence-electron chi connectivity index (χ3n) is 4.40. The van der Waals surface area contributed by atoms with Crippen LogP contribution in [0.25, 0.3) is 0 Å². The lowest BCUT2D eigenvalue weighted by molar-refractivity contribution is -0.120. The van der Waals surface area contributed by atoms with Crippen LogP contribution in [0.2, 0.25) is 0 Å². The van der Waals surface area contributed by atoms with Gasteiger partial charge in [-0.2, -0.15) is 0 Å². The Morgan fingerprint density at radius 1 is 1.28 bits per heavy atom. The topological polar surface area (TPSA) is 93.7 Å². The molecule has 0 unspecified atom stereocenters. The molecule has 0 fully saturated rings. The number of benzene rings is 2. The summed E-state index contributed by atoms with van der Waals surface area (Å²) in [6.07, 6.45) is 0.887. The number of hydrogen-bond acceptors (Lipinski definition) is 5. The van der Waals surface area contributed by atoms with E-state index in [2.05, 4.69) is 10.0 Å². The van der Waals surface area contributed by atoms with Crippen molar-refractivity contribution in [1.82, 2.24) is 10.0 Å². The predicted octanol–water partition coefficient (Wildman–Crippen LogP) is 2.14. The molecule has 1 heterocycles. The van der Waals surface area contributed by atoms with Crippen LogP contribution >= 0.6 is 0 Å². The fourth-order valence-corrected chi connectivity index (χ4v) is 4.01. The van der Waals surface area contributed by atoms with Crippen LogP contribution in [0.3, 0.4) is 0 Å². The zero-order valence-corrected chi connectivity index (χ0v) is 17.0. The van der Waals surface area contributed by atoms with E-state index in [9.17, 15) is 17.6 Å². The lowest BCUT2D eigenvalue weighted by Gasteiger charge is -2.13. The average molecular weight is 422 g/mol. The Kier molecular flexibility index (Phi) is 6.39. The van der Waals surface area contributed by atoms with Gasteiger partial charge in [0.2, 0.25) is 15.9 Å². The van der Waals surface area contributed by atoms with Gasteiger partial charge in [0.15, 0.2) is 0 Å². The van der Waals surface area contributed by atoms with Crippen LogP contribution in [0, 0.1) is 5.82 Å². The SMILES string of the molecule is CCOc1cc2c(cc1CNC(=O)CNS(=O)(=O)c1ccc(F)cc1)O[C@@H](C)C2. The number of carbonyl (C=O) groups is 1. The van der Waals surface area contributed by atoms with Gasteiger partial charge in [-0.3, -0.25) is 4.79 Å². The summed E-state index contributed by atoms with van der Waals surface area (Å²) in [6.45, 7) is 4.06. The molecule has 1 aliphatic heterocycles. The molecule has 2 aromatic carbocycles. The standard InChI is InChI=1S/C20H23FN2O5S/c1-3-27-18-9-14-8-13(2)28-19(14)10-15(18)11-22-20(24)12-23-29(25,26)17-6-4-16(21)5-7-17/h4-7,9-10,13,23H,3,8,11-12H2,1-2H3,(H,22,24)/t13-/m0/s1. The zero-order valence-electron chi connectivity index (χ0n) is 16.2. The number of ether oxygens (including phenoxy) is 2. The van der Waals surface area contributed by atoms with Crippen molar-refractivity contribution in [2.45, 2.75) is 37.8 Å². The van der Waals surface area contributed by atoms with E-state index in [0.717, 1.165) is 47.6 Å². The van der Waals surface area contributed by atoms with Crippen molar-refractivity contribution in [3.05, 3.63) is 53.3 Å². The fourth-order valence-electron chi connectivity index (χ4n) is 3.02. The quantitative estimate of drug-likeness (QED) is 0.680. The first-order valence-corrected chi connectivity index (χ1v) is 10.7. The molecule has 2 aromatic rings. The van der Waals surface area contributed by atoms with Crippen LogP contribution < -0.4 is 19.5 Å². The molecule has 0 saturated heterocycles. The number of hydrogen-bond donors (Lipinski definition) is 2. The van der Waals surface area contributed by atoms with Gasteiger partial charge in [-0.05, 0) is 50.2 Å². The molecule has 0 saturated carbocycles. The summed E-state index contributed by atoms with van der Waals surface area (Å²) in [5.41, 5.74) is 1.80. The molecule has 0 bridgehead atoms. The first-order valence-electron chi connectivity index (χ1n) is 9.25. The van der Waals surface area contributed by atoms with Crippen LogP contribution in [0.4, 0.5) is 4.39 Å². The number of halogens is 1. The highest BCUT2D eigenvalue weighted by Gasteiger charge is 2.22. The van der Waals surface area contributed by atoms with Crippen molar-refractivity contribution in [2.75, 3.05) is 13.2 Å². The summed E-state index contributed by atoms with van der Waals surface area (Å²) in [5.74, 6) is 0.380. The maximum Gasteiger partial charge on any atom is 0.241 e. The predicted molar refractivity (Wildman–Crippen MR) is 105 cm³/mol. The highest BCUT2D eigenvalue weighted by molar-refractivity contribution is 7.89. The number of nitrogens with one attached hydrogen (secondary N) is 2. The molecule has 1 atom stereocenters. The molecule has 1 amide bonds. The molecular formula is C20H23FN2O5S. The Labute approximate surface area is 169 Å². The van der Waals surface area contributed by atoms with Gasteiger partial charge in [0.25, 0.3) is 0 Å². The van der Waals surface area contributed by atoms with E-state index in [1.54, 1.807) is 0 Å². The highest BCUT2D eigenvalue weighted by atomic mass is 32.2. The lowest BCUT2D eigenvalue weighted by atomic mass is 10.1. The number of rotatable bonds is 8. The monoisotopic (exact) mass is 422 g/mol. The van der Waals surface area contributed by atoms with E-state index in [-0.39, 0.29) is 17.5 Å². The maximum absolute atomic E-state index is 12.9. The molecule has 0 spiro atoms. The zero-order chi connectivity index (χ0) is 21.0. The average Bonchev–Trinajstić information content (AvgIpc) is 3.04. The van der Waals surface area contributed by atoms with Gasteiger partial charge in [0, 0.05) is 24.1 Å². The minimum Gasteiger partial charge on any atom is -0.494 e. The molecule has 9 heteroatoms. The molecular weight excluding hydrogens is 399 g/mol. The van der Waals surface area contributed by atoms with Crippen molar-refractivity contribution in [2.24, 2.45) is 0 Å². The minimum absolute atomic E-state index is 0.0881. The van der Waals surface area contributed by atoms with Crippen LogP contribution in [0.5, 0.6) is 11.5 Å². The Morgan fingerprint density at radius 3 is 2.69 bits per heavy atom. The van der Waals surface area contributed by atoms with E-state index in [1.807, 2.05) is 26.0 Å². The summed E-state index contributed by atoms with van der Waals surface area (Å²) < 4.78 is 50.9. The number of carbonyl (C=O) groups excluding carboxylic acids is 1. The molecule has 3 rings (SSSR count). The van der Waals surface area contributed by atoms with E-state index in [1.165, 1.54) is 0 Å². The van der Waals surface area contributed by atoms with Gasteiger partial charge in [0.05, 0.1) is 18.0 Å². The van der Waals surface area contributed by atoms with Gasteiger partial charge < -0.3 is 14.8 Å². The summed E-state index contributed by atoms with van der Waals surface area (Å²) in [5, 5.41) is 2.67. The van der Waals surface area contributed by atoms with Crippen molar-refractivity contribution in [1.29, 1.82) is 0 Å². The van der Waals surface area contributed by atoms with Crippen molar-refractivity contribution < 1.29 is 27.1 Å². The maximum atomic E-state index is 12.9. The van der Waals surface area contributed by atoms with Gasteiger partial charge in [0.1, 0.15) is 23.4 Å². The number of sulfonamides is 1. The molecule has 2 N–H and O–H groups in total. The number of fused-ring (bicyclic) bond motifs is 1. The lowest BCUT2D eigenvalue weighted by Crippen LogP contribution is -2.36. The van der Waals surface area contributed by atoms with Crippen LogP contribution in [0.15, 0.2) is 41.3 Å². The molecule has 1 aliphatic rings. The first kappa shape index (κ1) is 21.1. The summed E-state index contributed by atoms with van der Waals surface area (Å²) in [7, 11) is -3.91. The largest absolute Gasteiger partial charge is 0.494 e. The molecule has 29 heavy (non-hydrogen) atoms. The highest BCUT2D eigenvalue weighted by Crippen LogP contribution is 2.35. The van der Waals surface area contributed by atoms with Crippen LogP contribution in [-0.4, -0.2) is 33.6 Å². The third kappa shape index (κ3) is 5.24. The molecule has 0 radical (unpaired) electrons. The van der Waals surface area contributed by atoms with E-state index >= 15 is 0 Å². The van der Waals surface area contributed by atoms with Gasteiger partial charge >= 0.3 is 0 Å².